The first-order chi connectivity index (χ1) is 43.9. The number of nitrogens with zero attached hydrogens (tertiary/aromatic N) is 7. The van der Waals surface area contributed by atoms with E-state index >= 15 is 0 Å². The maximum absolute atomic E-state index is 6.03. The van der Waals surface area contributed by atoms with E-state index in [1.165, 1.54) is 87.6 Å². The number of aryl methyl sites for hydroxylation is 8. The minimum absolute atomic E-state index is 0.623. The van der Waals surface area contributed by atoms with Crippen LogP contribution in [0.4, 0.5) is 0 Å². The summed E-state index contributed by atoms with van der Waals surface area (Å²) < 4.78 is 10.4. The quantitative estimate of drug-likeness (QED) is 0.152. The Hall–Kier alpha value is -11.2. The molecule has 0 saturated heterocycles. The molecule has 7 nitrogen and oxygen atoms in total. The van der Waals surface area contributed by atoms with Gasteiger partial charge < -0.3 is 18.3 Å². The number of benzene rings is 11. The number of fused-ring (bicyclic) bond motifs is 12. The molecule has 0 aliphatic rings. The van der Waals surface area contributed by atoms with Crippen LogP contribution in [0.1, 0.15) is 44.5 Å². The minimum Gasteiger partial charge on any atom is -0.306 e. The Bertz CT molecular complexity index is 5560. The van der Waals surface area contributed by atoms with Gasteiger partial charge in [-0.2, -0.15) is 0 Å². The zero-order valence-electron chi connectivity index (χ0n) is 51.6. The summed E-state index contributed by atoms with van der Waals surface area (Å²) in [4.78, 5) is 16.4. The maximum Gasteiger partial charge on any atom is 0.160 e. The van der Waals surface area contributed by atoms with Gasteiger partial charge in [0.15, 0.2) is 5.82 Å². The third-order valence-electron chi connectivity index (χ3n) is 18.6. The van der Waals surface area contributed by atoms with Gasteiger partial charge in [-0.1, -0.05) is 154 Å². The molecule has 17 rings (SSSR count). The molecule has 0 amide bonds. The highest BCUT2D eigenvalue weighted by Gasteiger charge is 2.37. The highest BCUT2D eigenvalue weighted by Crippen LogP contribution is 2.55. The van der Waals surface area contributed by atoms with Gasteiger partial charge in [-0.25, -0.2) is 9.97 Å². The first kappa shape index (κ1) is 53.1. The highest BCUT2D eigenvalue weighted by molar-refractivity contribution is 6.19. The monoisotopic (exact) mass is 1160 g/mol. The van der Waals surface area contributed by atoms with E-state index in [0.29, 0.717) is 5.82 Å². The molecule has 0 atom stereocenters. The molecular formula is C83H63N7. The molecule has 0 fully saturated rings. The van der Waals surface area contributed by atoms with Gasteiger partial charge in [0.25, 0.3) is 0 Å². The average molecular weight is 1160 g/mol. The molecule has 430 valence electrons. The summed E-state index contributed by atoms with van der Waals surface area (Å²) in [6.07, 6.45) is 3.91. The average Bonchev–Trinajstić information content (AvgIpc) is 1.41. The Kier molecular flexibility index (Phi) is 11.9. The molecule has 0 spiro atoms. The molecule has 0 N–H and O–H groups in total. The Morgan fingerprint density at radius 1 is 0.233 bits per heavy atom. The largest absolute Gasteiger partial charge is 0.306 e. The topological polar surface area (TPSA) is 58.4 Å². The molecule has 0 radical (unpaired) electrons. The van der Waals surface area contributed by atoms with Crippen LogP contribution in [0, 0.1) is 55.4 Å². The third-order valence-corrected chi connectivity index (χ3v) is 18.6. The second kappa shape index (κ2) is 20.2. The number of hydrogen-bond donors (Lipinski definition) is 0. The molecular weight excluding hydrogens is 1090 g/mol. The van der Waals surface area contributed by atoms with E-state index in [4.69, 9.17) is 15.0 Å². The fourth-order valence-corrected chi connectivity index (χ4v) is 14.6. The van der Waals surface area contributed by atoms with E-state index in [2.05, 4.69) is 298 Å². The van der Waals surface area contributed by atoms with E-state index in [1.807, 2.05) is 12.4 Å². The van der Waals surface area contributed by atoms with Crippen molar-refractivity contribution in [3.63, 3.8) is 0 Å². The van der Waals surface area contributed by atoms with E-state index < -0.39 is 0 Å². The van der Waals surface area contributed by atoms with Crippen molar-refractivity contribution in [1.29, 1.82) is 0 Å². The molecule has 90 heavy (non-hydrogen) atoms. The second-order valence-corrected chi connectivity index (χ2v) is 25.1. The number of hydrogen-bond acceptors (Lipinski definition) is 3. The first-order valence-electron chi connectivity index (χ1n) is 31.1. The summed E-state index contributed by atoms with van der Waals surface area (Å²) >= 11 is 0. The molecule has 6 heterocycles. The second-order valence-electron chi connectivity index (χ2n) is 25.1. The van der Waals surface area contributed by atoms with Crippen LogP contribution in [0.3, 0.4) is 0 Å². The molecule has 6 aromatic heterocycles. The van der Waals surface area contributed by atoms with Crippen molar-refractivity contribution in [3.05, 3.63) is 281 Å². The molecule has 0 aliphatic heterocycles. The van der Waals surface area contributed by atoms with Crippen LogP contribution in [0.15, 0.2) is 237 Å². The van der Waals surface area contributed by atoms with Gasteiger partial charge >= 0.3 is 0 Å². The van der Waals surface area contributed by atoms with Crippen LogP contribution in [0.5, 0.6) is 0 Å². The summed E-state index contributed by atoms with van der Waals surface area (Å²) in [6, 6.07) is 83.9. The van der Waals surface area contributed by atoms with Crippen molar-refractivity contribution in [2.24, 2.45) is 0 Å². The van der Waals surface area contributed by atoms with Gasteiger partial charge in [0.05, 0.1) is 78.3 Å². The number of pyridine rings is 1. The van der Waals surface area contributed by atoms with Crippen LogP contribution in [0.25, 0.3) is 155 Å². The molecule has 0 bridgehead atoms. The Morgan fingerprint density at radius 3 is 0.833 bits per heavy atom. The zero-order valence-corrected chi connectivity index (χ0v) is 51.6. The Labute approximate surface area is 522 Å². The molecule has 11 aromatic carbocycles. The summed E-state index contributed by atoms with van der Waals surface area (Å²) in [5.74, 6) is 0.623. The lowest BCUT2D eigenvalue weighted by Gasteiger charge is -2.31. The third kappa shape index (κ3) is 8.15. The zero-order chi connectivity index (χ0) is 60.8. The van der Waals surface area contributed by atoms with Crippen molar-refractivity contribution in [1.82, 2.24) is 33.2 Å². The number of aromatic nitrogens is 7. The van der Waals surface area contributed by atoms with Gasteiger partial charge in [-0.15, -0.1) is 0 Å². The fourth-order valence-electron chi connectivity index (χ4n) is 14.6. The predicted molar refractivity (Wildman–Crippen MR) is 377 cm³/mol. The first-order valence-corrected chi connectivity index (χ1v) is 31.1. The van der Waals surface area contributed by atoms with E-state index in [-0.39, 0.29) is 0 Å². The van der Waals surface area contributed by atoms with Crippen molar-refractivity contribution in [2.75, 3.05) is 0 Å². The van der Waals surface area contributed by atoms with Crippen LogP contribution < -0.4 is 0 Å². The van der Waals surface area contributed by atoms with Crippen molar-refractivity contribution < 1.29 is 0 Å². The van der Waals surface area contributed by atoms with Gasteiger partial charge in [-0.3, -0.25) is 4.98 Å². The standard InChI is InChI=1S/C83H63N7/c1-48-19-27-69-59(39-48)60-40-49(2)20-28-70(60)87(69)79-77(57-35-37-84-38-36-57)78(68-47-67(56-15-11-9-12-16-56)85-83(86-68)58-17-13-10-14-18-58)80(88-71-29-21-50(3)41-61(71)62-42-51(4)22-30-72(62)88)82(90-75-33-25-54(7)45-65(75)66-46-55(8)26-34-76(66)90)81(79)89-73-31-23-52(5)43-63(73)64-44-53(6)24-32-74(64)89/h9-47H,1-8H3. The SMILES string of the molecule is Cc1ccc2c(c1)c1cc(C)ccc1n2-c1c(-c2ccncc2)c(-c2cc(-c3ccccc3)nc(-c3ccccc3)n2)c(-n2c3ccc(C)cc3c3cc(C)ccc32)c(-n2c3ccc(C)cc3c3cc(C)ccc32)c1-n1c2ccc(C)cc2c2cc(C)ccc21. The van der Waals surface area contributed by atoms with E-state index in [9.17, 15) is 0 Å². The maximum atomic E-state index is 6.03. The molecule has 0 saturated carbocycles. The van der Waals surface area contributed by atoms with Crippen LogP contribution in [0.2, 0.25) is 0 Å². The van der Waals surface area contributed by atoms with E-state index in [0.717, 1.165) is 106 Å². The Morgan fingerprint density at radius 2 is 0.511 bits per heavy atom. The van der Waals surface area contributed by atoms with Crippen molar-refractivity contribution >= 4 is 87.2 Å². The number of rotatable bonds is 8. The van der Waals surface area contributed by atoms with Crippen LogP contribution in [-0.2, 0) is 0 Å². The summed E-state index contributed by atoms with van der Waals surface area (Å²) in [6.45, 7) is 17.7. The smallest absolute Gasteiger partial charge is 0.160 e. The summed E-state index contributed by atoms with van der Waals surface area (Å²) in [5, 5.41) is 9.42. The van der Waals surface area contributed by atoms with Crippen LogP contribution >= 0.6 is 0 Å². The van der Waals surface area contributed by atoms with Gasteiger partial charge in [0.2, 0.25) is 0 Å². The van der Waals surface area contributed by atoms with Gasteiger partial charge in [-0.05, 0) is 176 Å². The van der Waals surface area contributed by atoms with Gasteiger partial charge in [0, 0.05) is 77.7 Å². The highest BCUT2D eigenvalue weighted by atomic mass is 15.1. The fraction of sp³-hybridized carbons (Fsp3) is 0.0964. The lowest BCUT2D eigenvalue weighted by atomic mass is 9.90. The van der Waals surface area contributed by atoms with Crippen LogP contribution in [-0.4, -0.2) is 33.2 Å². The predicted octanol–water partition coefficient (Wildman–Crippen LogP) is 21.4. The molecule has 0 aliphatic carbocycles. The van der Waals surface area contributed by atoms with Gasteiger partial charge in [0.1, 0.15) is 0 Å². The lowest BCUT2D eigenvalue weighted by molar-refractivity contribution is 1.02. The minimum atomic E-state index is 0.623. The lowest BCUT2D eigenvalue weighted by Crippen LogP contribution is -2.17. The summed E-state index contributed by atoms with van der Waals surface area (Å²) in [7, 11) is 0. The Balaban J connectivity index is 1.27. The molecule has 7 heteroatoms. The van der Waals surface area contributed by atoms with Crippen molar-refractivity contribution in [3.8, 4) is 67.8 Å². The molecule has 17 aromatic rings. The normalized spacial score (nSPS) is 12.0. The molecule has 0 unspecified atom stereocenters. The van der Waals surface area contributed by atoms with E-state index in [1.54, 1.807) is 0 Å². The summed E-state index contributed by atoms with van der Waals surface area (Å²) in [5.41, 5.74) is 28.5. The van der Waals surface area contributed by atoms with Crippen molar-refractivity contribution in [2.45, 2.75) is 55.4 Å².